The minimum Gasteiger partial charge on any atom is -0.496 e. The lowest BCUT2D eigenvalue weighted by atomic mass is 10.0. The van der Waals surface area contributed by atoms with Gasteiger partial charge in [-0.15, -0.1) is 0 Å². The van der Waals surface area contributed by atoms with Gasteiger partial charge in [-0.2, -0.15) is 10.2 Å². The number of hydrogen-bond donors (Lipinski definition) is 1. The average molecular weight is 736 g/mol. The number of hydrogen-bond acceptors (Lipinski definition) is 8. The summed E-state index contributed by atoms with van der Waals surface area (Å²) in [6.07, 6.45) is 0. The van der Waals surface area contributed by atoms with Gasteiger partial charge in [-0.05, 0) is 69.0 Å². The van der Waals surface area contributed by atoms with Crippen molar-refractivity contribution in [2.45, 2.75) is 60.3 Å². The Morgan fingerprint density at radius 2 is 1.29 bits per heavy atom. The molecule has 11 nitrogen and oxygen atoms in total. The summed E-state index contributed by atoms with van der Waals surface area (Å²) in [4.78, 5) is 32.5. The Hall–Kier alpha value is -5.07. The molecule has 0 bridgehead atoms. The smallest absolute Gasteiger partial charge is 0.357 e. The molecule has 6 rings (SSSR count). The third-order valence-corrected chi connectivity index (χ3v) is 8.76. The maximum Gasteiger partial charge on any atom is 0.357 e. The van der Waals surface area contributed by atoms with Gasteiger partial charge in [-0.3, -0.25) is 0 Å². The van der Waals surface area contributed by atoms with Crippen molar-refractivity contribution < 1.29 is 28.6 Å². The van der Waals surface area contributed by atoms with Gasteiger partial charge in [0.2, 0.25) is 0 Å². The maximum absolute atomic E-state index is 14.5. The molecule has 0 saturated carbocycles. The summed E-state index contributed by atoms with van der Waals surface area (Å²) in [5, 5.41) is 19.3. The van der Waals surface area contributed by atoms with Crippen LogP contribution in [0.3, 0.4) is 0 Å². The summed E-state index contributed by atoms with van der Waals surface area (Å²) >= 11 is 12.7. The molecule has 4 aromatic heterocycles. The second-order valence-electron chi connectivity index (χ2n) is 12.3. The highest BCUT2D eigenvalue weighted by Gasteiger charge is 2.25. The van der Waals surface area contributed by atoms with Crippen LogP contribution < -0.4 is 4.74 Å². The van der Waals surface area contributed by atoms with Crippen LogP contribution >= 0.6 is 23.2 Å². The molecule has 0 saturated heterocycles. The van der Waals surface area contributed by atoms with Crippen molar-refractivity contribution in [1.82, 2.24) is 29.2 Å². The first-order chi connectivity index (χ1) is 24.2. The molecule has 0 aliphatic carbocycles. The van der Waals surface area contributed by atoms with E-state index in [0.717, 1.165) is 11.4 Å². The number of esters is 1. The van der Waals surface area contributed by atoms with Crippen LogP contribution in [0.15, 0.2) is 48.5 Å². The van der Waals surface area contributed by atoms with Crippen molar-refractivity contribution in [2.24, 2.45) is 0 Å². The monoisotopic (exact) mass is 734 g/mol. The Morgan fingerprint density at radius 1 is 0.804 bits per heavy atom. The molecular formula is C37H37Cl2FN6O5. The number of aromatic carboxylic acids is 1. The standard InChI is InChI=1S/C19H19ClFN3O2.C18H18ClN3O3/c1-5-26-19(25)14-9-15(10(2)3)24-18(22-14)16(11(4)23-24)17-12(20)7-6-8-13(17)21;1-9(2)13-8-12(18(23)24)20-17-15(10(3)21-22(13)17)16-11(19)6-5-7-14(16)25-4/h6-10H,5H2,1-4H3;5-9H,1-4H3,(H,23,24). The number of carboxylic acid groups (broad SMARTS) is 1. The zero-order valence-electron chi connectivity index (χ0n) is 29.4. The van der Waals surface area contributed by atoms with Crippen molar-refractivity contribution >= 4 is 46.4 Å². The van der Waals surface area contributed by atoms with Gasteiger partial charge in [0.15, 0.2) is 22.7 Å². The SMILES string of the molecule is CCOC(=O)c1cc(C(C)C)n2nc(C)c(-c3c(F)cccc3Cl)c2n1.COc1cccc(Cl)c1-c1c(C)nn2c(C(C)C)cc(C(=O)O)nc12. The first kappa shape index (κ1) is 37.2. The molecule has 0 radical (unpaired) electrons. The van der Waals surface area contributed by atoms with Crippen LogP contribution in [0, 0.1) is 19.7 Å². The van der Waals surface area contributed by atoms with Crippen molar-refractivity contribution in [2.75, 3.05) is 13.7 Å². The number of fused-ring (bicyclic) bond motifs is 2. The lowest BCUT2D eigenvalue weighted by Gasteiger charge is -2.12. The number of aromatic nitrogens is 6. The van der Waals surface area contributed by atoms with Gasteiger partial charge in [0.1, 0.15) is 11.6 Å². The minimum absolute atomic E-state index is 0.0247. The molecule has 0 amide bonds. The van der Waals surface area contributed by atoms with Crippen LogP contribution in [0.5, 0.6) is 5.75 Å². The molecule has 6 aromatic rings. The third-order valence-electron chi connectivity index (χ3n) is 8.13. The number of benzene rings is 2. The van der Waals surface area contributed by atoms with Crippen molar-refractivity contribution in [3.63, 3.8) is 0 Å². The summed E-state index contributed by atoms with van der Waals surface area (Å²) in [5.74, 6) is -1.36. The Labute approximate surface area is 304 Å². The zero-order chi connectivity index (χ0) is 37.3. The Bertz CT molecular complexity index is 2280. The fourth-order valence-electron chi connectivity index (χ4n) is 5.77. The summed E-state index contributed by atoms with van der Waals surface area (Å²) in [7, 11) is 1.56. The molecule has 2 aromatic carbocycles. The van der Waals surface area contributed by atoms with Gasteiger partial charge < -0.3 is 14.6 Å². The molecule has 266 valence electrons. The van der Waals surface area contributed by atoms with E-state index in [1.165, 1.54) is 6.07 Å². The molecule has 51 heavy (non-hydrogen) atoms. The van der Waals surface area contributed by atoms with E-state index in [9.17, 15) is 19.1 Å². The van der Waals surface area contributed by atoms with Gasteiger partial charge in [-0.1, -0.05) is 63.0 Å². The topological polar surface area (TPSA) is 133 Å². The summed E-state index contributed by atoms with van der Waals surface area (Å²) < 4.78 is 28.4. The molecule has 0 fully saturated rings. The molecule has 0 atom stereocenters. The van der Waals surface area contributed by atoms with E-state index < -0.39 is 17.8 Å². The molecule has 0 aliphatic rings. The zero-order valence-corrected chi connectivity index (χ0v) is 30.9. The highest BCUT2D eigenvalue weighted by Crippen LogP contribution is 2.41. The molecular weight excluding hydrogens is 698 g/mol. The maximum atomic E-state index is 14.5. The molecule has 0 unspecified atom stereocenters. The number of nitrogens with zero attached hydrogens (tertiary/aromatic N) is 6. The van der Waals surface area contributed by atoms with Crippen LogP contribution in [-0.2, 0) is 4.74 Å². The average Bonchev–Trinajstić information content (AvgIpc) is 3.58. The van der Waals surface area contributed by atoms with Gasteiger partial charge >= 0.3 is 11.9 Å². The summed E-state index contributed by atoms with van der Waals surface area (Å²) in [5.41, 5.74) is 5.82. The van der Waals surface area contributed by atoms with E-state index in [4.69, 9.17) is 32.7 Å². The van der Waals surface area contributed by atoms with E-state index in [1.807, 2.05) is 34.6 Å². The van der Waals surface area contributed by atoms with E-state index in [-0.39, 0.29) is 40.4 Å². The van der Waals surface area contributed by atoms with Crippen LogP contribution in [-0.4, -0.2) is 60.0 Å². The van der Waals surface area contributed by atoms with Crippen LogP contribution in [0.4, 0.5) is 4.39 Å². The van der Waals surface area contributed by atoms with Gasteiger partial charge in [0, 0.05) is 22.5 Å². The quantitative estimate of drug-likeness (QED) is 0.152. The fraction of sp³-hybridized carbons (Fsp3) is 0.297. The van der Waals surface area contributed by atoms with Gasteiger partial charge in [0.25, 0.3) is 0 Å². The largest absolute Gasteiger partial charge is 0.496 e. The number of carbonyl (C=O) groups excluding carboxylic acids is 1. The van der Waals surface area contributed by atoms with Crippen LogP contribution in [0.1, 0.15) is 90.2 Å². The lowest BCUT2D eigenvalue weighted by Crippen LogP contribution is -2.12. The number of carbonyl (C=O) groups is 2. The first-order valence-electron chi connectivity index (χ1n) is 16.2. The predicted octanol–water partition coefficient (Wildman–Crippen LogP) is 8.99. The highest BCUT2D eigenvalue weighted by atomic mass is 35.5. The normalized spacial score (nSPS) is 11.3. The van der Waals surface area contributed by atoms with Crippen molar-refractivity contribution in [3.8, 4) is 28.0 Å². The van der Waals surface area contributed by atoms with Gasteiger partial charge in [-0.25, -0.2) is 33.0 Å². The van der Waals surface area contributed by atoms with Crippen LogP contribution in [0.2, 0.25) is 10.0 Å². The second kappa shape index (κ2) is 15.0. The Morgan fingerprint density at radius 3 is 1.78 bits per heavy atom. The highest BCUT2D eigenvalue weighted by molar-refractivity contribution is 6.34. The molecule has 4 heterocycles. The lowest BCUT2D eigenvalue weighted by molar-refractivity contribution is 0.0519. The van der Waals surface area contributed by atoms with Crippen LogP contribution in [0.25, 0.3) is 33.5 Å². The number of methoxy groups -OCH3 is 1. The summed E-state index contributed by atoms with van der Waals surface area (Å²) in [6, 6.07) is 13.1. The Balaban J connectivity index is 0.000000198. The molecule has 1 N–H and O–H groups in total. The number of ether oxygens (including phenoxy) is 2. The van der Waals surface area contributed by atoms with E-state index >= 15 is 0 Å². The second-order valence-corrected chi connectivity index (χ2v) is 13.1. The van der Waals surface area contributed by atoms with Crippen molar-refractivity contribution in [1.29, 1.82) is 0 Å². The van der Waals surface area contributed by atoms with E-state index in [2.05, 4.69) is 20.2 Å². The minimum atomic E-state index is -1.08. The first-order valence-corrected chi connectivity index (χ1v) is 16.9. The molecule has 0 spiro atoms. The molecule has 0 aliphatic heterocycles. The van der Waals surface area contributed by atoms with Crippen molar-refractivity contribution in [3.05, 3.63) is 98.6 Å². The van der Waals surface area contributed by atoms with E-state index in [0.29, 0.717) is 50.1 Å². The number of carboxylic acids is 1. The number of halogens is 3. The number of aryl methyl sites for hydroxylation is 2. The third kappa shape index (κ3) is 7.11. The van der Waals surface area contributed by atoms with E-state index in [1.54, 1.807) is 72.5 Å². The fourth-order valence-corrected chi connectivity index (χ4v) is 6.29. The molecule has 14 heteroatoms. The van der Waals surface area contributed by atoms with Gasteiger partial charge in [0.05, 0.1) is 46.3 Å². The Kier molecular flexibility index (Phi) is 11.0. The summed E-state index contributed by atoms with van der Waals surface area (Å²) in [6.45, 7) is 13.5. The number of rotatable bonds is 8. The predicted molar refractivity (Wildman–Crippen MR) is 194 cm³/mol.